The van der Waals surface area contributed by atoms with Crippen LogP contribution in [-0.4, -0.2) is 48.1 Å². The number of ketones is 1. The third kappa shape index (κ3) is 4.02. The summed E-state index contributed by atoms with van der Waals surface area (Å²) in [7, 11) is 4.47. The summed E-state index contributed by atoms with van der Waals surface area (Å²) in [6, 6.07) is 14.7. The number of amides is 1. The third-order valence-corrected chi connectivity index (χ3v) is 6.83. The van der Waals surface area contributed by atoms with Crippen LogP contribution in [0.4, 0.5) is 5.95 Å². The molecule has 1 aliphatic heterocycles. The van der Waals surface area contributed by atoms with Crippen molar-refractivity contribution in [3.05, 3.63) is 82.4 Å². The highest BCUT2D eigenvalue weighted by Gasteiger charge is 2.48. The lowest BCUT2D eigenvalue weighted by atomic mass is 9.95. The summed E-state index contributed by atoms with van der Waals surface area (Å²) >= 11 is 0. The van der Waals surface area contributed by atoms with Crippen molar-refractivity contribution in [1.82, 2.24) is 9.97 Å². The molecule has 1 unspecified atom stereocenters. The molecule has 0 saturated carbocycles. The molecule has 1 aromatic heterocycles. The van der Waals surface area contributed by atoms with Crippen LogP contribution in [0.1, 0.15) is 28.3 Å². The Kier molecular flexibility index (Phi) is 6.28. The molecule has 9 heteroatoms. The lowest BCUT2D eigenvalue weighted by Gasteiger charge is -2.23. The smallest absolute Gasteiger partial charge is 0.302 e. The van der Waals surface area contributed by atoms with Gasteiger partial charge in [0.2, 0.25) is 5.95 Å². The van der Waals surface area contributed by atoms with Gasteiger partial charge in [-0.05, 0) is 73.0 Å². The van der Waals surface area contributed by atoms with E-state index in [1.165, 1.54) is 26.2 Å². The van der Waals surface area contributed by atoms with Crippen LogP contribution in [0.25, 0.3) is 16.8 Å². The summed E-state index contributed by atoms with van der Waals surface area (Å²) < 4.78 is 16.2. The lowest BCUT2D eigenvalue weighted by Crippen LogP contribution is -2.30. The number of aliphatic hydroxyl groups excluding tert-OH is 1. The van der Waals surface area contributed by atoms with Crippen molar-refractivity contribution in [2.24, 2.45) is 0 Å². The Morgan fingerprint density at radius 1 is 0.921 bits per heavy atom. The summed E-state index contributed by atoms with van der Waals surface area (Å²) in [4.78, 5) is 36.2. The van der Waals surface area contributed by atoms with Crippen molar-refractivity contribution in [2.75, 3.05) is 26.2 Å². The highest BCUT2D eigenvalue weighted by molar-refractivity contribution is 6.51. The normalized spacial score (nSPS) is 16.8. The van der Waals surface area contributed by atoms with Gasteiger partial charge in [-0.15, -0.1) is 0 Å². The fourth-order valence-corrected chi connectivity index (χ4v) is 4.69. The van der Waals surface area contributed by atoms with Gasteiger partial charge in [0, 0.05) is 0 Å². The number of carbonyl (C=O) groups excluding carboxylic acids is 2. The SMILES string of the molecule is COc1cccc(C2/C(=C(\O)c3cc(OC)ccc3OC)C(=O)C(=O)N2c2nc3cc(C)c(C)cc3[nH]2)c1. The summed E-state index contributed by atoms with van der Waals surface area (Å²) in [5.74, 6) is -0.588. The van der Waals surface area contributed by atoms with Gasteiger partial charge in [0.25, 0.3) is 5.78 Å². The molecule has 4 aromatic rings. The first-order chi connectivity index (χ1) is 18.3. The molecule has 0 bridgehead atoms. The maximum absolute atomic E-state index is 13.6. The number of aromatic nitrogens is 2. The number of aliphatic hydroxyl groups is 1. The molecule has 1 atom stereocenters. The Morgan fingerprint density at radius 3 is 2.34 bits per heavy atom. The van der Waals surface area contributed by atoms with Crippen LogP contribution in [0.15, 0.2) is 60.2 Å². The van der Waals surface area contributed by atoms with E-state index >= 15 is 0 Å². The summed E-state index contributed by atoms with van der Waals surface area (Å²) in [6.07, 6.45) is 0. The zero-order chi connectivity index (χ0) is 27.1. The van der Waals surface area contributed by atoms with Gasteiger partial charge in [-0.25, -0.2) is 4.98 Å². The molecule has 3 aromatic carbocycles. The standard InChI is InChI=1S/C29H27N3O6/c1-15-11-21-22(12-16(15)2)31-29(30-21)32-25(17-7-6-8-18(13-17)36-3)24(27(34)28(32)35)26(33)20-14-19(37-4)9-10-23(20)38-5/h6-14,25,33H,1-5H3,(H,30,31)/b26-24+. The quantitative estimate of drug-likeness (QED) is 0.216. The van der Waals surface area contributed by atoms with E-state index < -0.39 is 23.5 Å². The fraction of sp³-hybridized carbons (Fsp3) is 0.207. The Balaban J connectivity index is 1.77. The van der Waals surface area contributed by atoms with Crippen LogP contribution in [0.5, 0.6) is 17.2 Å². The highest BCUT2D eigenvalue weighted by Crippen LogP contribution is 2.44. The van der Waals surface area contributed by atoms with E-state index in [0.29, 0.717) is 28.3 Å². The molecule has 0 aliphatic carbocycles. The predicted octanol–water partition coefficient (Wildman–Crippen LogP) is 4.83. The first kappa shape index (κ1) is 24.9. The molecule has 2 N–H and O–H groups in total. The summed E-state index contributed by atoms with van der Waals surface area (Å²) in [5.41, 5.74) is 4.15. The van der Waals surface area contributed by atoms with Gasteiger partial charge in [0.1, 0.15) is 23.0 Å². The van der Waals surface area contributed by atoms with Crippen molar-refractivity contribution in [1.29, 1.82) is 0 Å². The molecule has 1 amide bonds. The number of nitrogens with one attached hydrogen (secondary N) is 1. The van der Waals surface area contributed by atoms with E-state index in [0.717, 1.165) is 16.6 Å². The summed E-state index contributed by atoms with van der Waals surface area (Å²) in [5, 5.41) is 11.6. The predicted molar refractivity (Wildman–Crippen MR) is 143 cm³/mol. The number of carbonyl (C=O) groups is 2. The molecule has 1 saturated heterocycles. The molecule has 1 fully saturated rings. The number of imidazole rings is 1. The minimum atomic E-state index is -0.997. The summed E-state index contributed by atoms with van der Waals surface area (Å²) in [6.45, 7) is 3.96. The number of Topliss-reactive ketones (excluding diaryl/α,β-unsaturated/α-hetero) is 1. The molecule has 2 heterocycles. The number of rotatable bonds is 6. The number of ether oxygens (including phenoxy) is 3. The van der Waals surface area contributed by atoms with Crippen molar-refractivity contribution in [3.8, 4) is 17.2 Å². The van der Waals surface area contributed by atoms with Gasteiger partial charge >= 0.3 is 5.91 Å². The van der Waals surface area contributed by atoms with E-state index in [1.54, 1.807) is 42.5 Å². The van der Waals surface area contributed by atoms with Gasteiger partial charge < -0.3 is 24.3 Å². The van der Waals surface area contributed by atoms with Gasteiger partial charge in [0.15, 0.2) is 0 Å². The van der Waals surface area contributed by atoms with Crippen LogP contribution in [0.2, 0.25) is 0 Å². The Labute approximate surface area is 219 Å². The molecule has 9 nitrogen and oxygen atoms in total. The van der Waals surface area contributed by atoms with Crippen LogP contribution in [-0.2, 0) is 9.59 Å². The Bertz CT molecular complexity index is 1580. The van der Waals surface area contributed by atoms with Gasteiger partial charge in [-0.2, -0.15) is 0 Å². The number of H-pyrrole nitrogens is 1. The fourth-order valence-electron chi connectivity index (χ4n) is 4.69. The highest BCUT2D eigenvalue weighted by atomic mass is 16.5. The van der Waals surface area contributed by atoms with Crippen molar-refractivity contribution >= 4 is 34.4 Å². The third-order valence-electron chi connectivity index (χ3n) is 6.83. The molecule has 194 valence electrons. The maximum Gasteiger partial charge on any atom is 0.302 e. The minimum Gasteiger partial charge on any atom is -0.507 e. The second-order valence-corrected chi connectivity index (χ2v) is 9.03. The molecule has 5 rings (SSSR count). The second kappa shape index (κ2) is 9.59. The van der Waals surface area contributed by atoms with Crippen LogP contribution in [0.3, 0.4) is 0 Å². The van der Waals surface area contributed by atoms with Crippen molar-refractivity contribution in [2.45, 2.75) is 19.9 Å². The molecular formula is C29H27N3O6. The van der Waals surface area contributed by atoms with E-state index in [9.17, 15) is 14.7 Å². The van der Waals surface area contributed by atoms with Crippen LogP contribution < -0.4 is 19.1 Å². The second-order valence-electron chi connectivity index (χ2n) is 9.03. The van der Waals surface area contributed by atoms with E-state index in [4.69, 9.17) is 14.2 Å². The first-order valence-electron chi connectivity index (χ1n) is 11.9. The molecule has 38 heavy (non-hydrogen) atoms. The largest absolute Gasteiger partial charge is 0.507 e. The van der Waals surface area contributed by atoms with Gasteiger partial charge in [-0.1, -0.05) is 12.1 Å². The Morgan fingerprint density at radius 2 is 1.63 bits per heavy atom. The molecular weight excluding hydrogens is 486 g/mol. The van der Waals surface area contributed by atoms with Crippen LogP contribution >= 0.6 is 0 Å². The van der Waals surface area contributed by atoms with Crippen molar-refractivity contribution in [3.63, 3.8) is 0 Å². The minimum absolute atomic E-state index is 0.109. The monoisotopic (exact) mass is 513 g/mol. The van der Waals surface area contributed by atoms with Gasteiger partial charge in [-0.3, -0.25) is 14.5 Å². The first-order valence-corrected chi connectivity index (χ1v) is 11.9. The zero-order valence-corrected chi connectivity index (χ0v) is 21.7. The zero-order valence-electron chi connectivity index (χ0n) is 21.7. The van der Waals surface area contributed by atoms with Crippen molar-refractivity contribution < 1.29 is 28.9 Å². The number of aryl methyl sites for hydroxylation is 2. The van der Waals surface area contributed by atoms with E-state index in [1.807, 2.05) is 26.0 Å². The van der Waals surface area contributed by atoms with E-state index in [-0.39, 0.29) is 17.1 Å². The Hall–Kier alpha value is -4.79. The lowest BCUT2D eigenvalue weighted by molar-refractivity contribution is -0.132. The number of benzene rings is 3. The number of aromatic amines is 1. The van der Waals surface area contributed by atoms with Crippen LogP contribution in [0, 0.1) is 13.8 Å². The number of nitrogens with zero attached hydrogens (tertiary/aromatic N) is 2. The molecule has 0 spiro atoms. The number of anilines is 1. The van der Waals surface area contributed by atoms with Gasteiger partial charge in [0.05, 0.1) is 49.5 Å². The maximum atomic E-state index is 13.6. The number of fused-ring (bicyclic) bond motifs is 1. The van der Waals surface area contributed by atoms with E-state index in [2.05, 4.69) is 9.97 Å². The number of methoxy groups -OCH3 is 3. The molecule has 0 radical (unpaired) electrons. The average molecular weight is 514 g/mol. The average Bonchev–Trinajstić information content (AvgIpc) is 3.45. The number of hydrogen-bond acceptors (Lipinski definition) is 7. The number of hydrogen-bond donors (Lipinski definition) is 2. The molecule has 1 aliphatic rings. The topological polar surface area (TPSA) is 114 Å².